The molecule has 0 saturated carbocycles. The number of amides is 2. The minimum absolute atomic E-state index is 0.0632. The van der Waals surface area contributed by atoms with Crippen molar-refractivity contribution >= 4 is 11.8 Å². The van der Waals surface area contributed by atoms with Crippen LogP contribution in [0.3, 0.4) is 0 Å². The van der Waals surface area contributed by atoms with Gasteiger partial charge < -0.3 is 24.6 Å². The normalized spacial score (nSPS) is 15.9. The average Bonchev–Trinajstić information content (AvgIpc) is 2.84. The number of carbonyl (C=O) groups is 2. The second kappa shape index (κ2) is 11.8. The third-order valence-corrected chi connectivity index (χ3v) is 6.21. The Balaban J connectivity index is 2.01. The summed E-state index contributed by atoms with van der Waals surface area (Å²) in [4.78, 5) is 41.2. The van der Waals surface area contributed by atoms with Gasteiger partial charge in [0.15, 0.2) is 0 Å². The predicted octanol–water partition coefficient (Wildman–Crippen LogP) is 2.67. The van der Waals surface area contributed by atoms with Crippen molar-refractivity contribution in [2.75, 3.05) is 26.8 Å². The lowest BCUT2D eigenvalue weighted by atomic mass is 10.0. The first-order valence-corrected chi connectivity index (χ1v) is 11.9. The van der Waals surface area contributed by atoms with Gasteiger partial charge in [-0.15, -0.1) is 0 Å². The number of pyridine rings is 1. The quantitative estimate of drug-likeness (QED) is 0.588. The molecule has 2 heterocycles. The second-order valence-corrected chi connectivity index (χ2v) is 9.17. The van der Waals surface area contributed by atoms with Crippen LogP contribution in [0.25, 0.3) is 0 Å². The largest absolute Gasteiger partial charge is 0.496 e. The van der Waals surface area contributed by atoms with E-state index in [1.165, 1.54) is 12.4 Å². The predicted molar refractivity (Wildman–Crippen MR) is 130 cm³/mol. The molecule has 1 atom stereocenters. The fraction of sp³-hybridized carbons (Fsp3) is 0.500. The Labute approximate surface area is 200 Å². The molecule has 0 radical (unpaired) electrons. The number of hydrogen-bond donors (Lipinski definition) is 2. The van der Waals surface area contributed by atoms with E-state index in [0.29, 0.717) is 37.7 Å². The fourth-order valence-corrected chi connectivity index (χ4v) is 4.25. The molecule has 2 aromatic rings. The number of aliphatic hydroxyl groups excluding tert-OH is 1. The molecule has 0 spiro atoms. The highest BCUT2D eigenvalue weighted by Gasteiger charge is 2.30. The lowest BCUT2D eigenvalue weighted by Gasteiger charge is -2.34. The highest BCUT2D eigenvalue weighted by molar-refractivity contribution is 5.99. The zero-order valence-electron chi connectivity index (χ0n) is 20.3. The number of methoxy groups -OCH3 is 1. The summed E-state index contributed by atoms with van der Waals surface area (Å²) in [5.74, 6) is 0.138. The molecule has 1 aliphatic heterocycles. The first kappa shape index (κ1) is 25.5. The number of hydrogen-bond acceptors (Lipinski definition) is 5. The maximum atomic E-state index is 13.4. The van der Waals surface area contributed by atoms with Crippen LogP contribution in [0.5, 0.6) is 5.75 Å². The number of benzene rings is 1. The standard InChI is InChI=1S/C26H35N3O5/c1-18(2)11-12-27-25(32)21-15-28(14-19-8-4-5-10-23(19)34-3)16-22(24(21)31)26(33)29-13-7-6-9-20(29)17-30/h4-5,8,10,15-16,18,20,30H,6-7,9,11-14,17H2,1-3H3,(H,27,32). The van der Waals surface area contributed by atoms with Crippen LogP contribution in [0.1, 0.15) is 65.8 Å². The van der Waals surface area contributed by atoms with E-state index in [4.69, 9.17) is 4.74 Å². The molecular weight excluding hydrogens is 434 g/mol. The number of aromatic nitrogens is 1. The molecule has 1 fully saturated rings. The van der Waals surface area contributed by atoms with E-state index >= 15 is 0 Å². The number of piperidine rings is 1. The molecule has 2 amide bonds. The number of para-hydroxylation sites is 1. The first-order valence-electron chi connectivity index (χ1n) is 11.9. The topological polar surface area (TPSA) is 101 Å². The number of ether oxygens (including phenoxy) is 1. The highest BCUT2D eigenvalue weighted by atomic mass is 16.5. The molecule has 1 aliphatic rings. The Morgan fingerprint density at radius 2 is 1.91 bits per heavy atom. The third kappa shape index (κ3) is 6.05. The van der Waals surface area contributed by atoms with Crippen molar-refractivity contribution in [1.29, 1.82) is 0 Å². The van der Waals surface area contributed by atoms with Crippen molar-refractivity contribution in [1.82, 2.24) is 14.8 Å². The monoisotopic (exact) mass is 469 g/mol. The Hall–Kier alpha value is -3.13. The van der Waals surface area contributed by atoms with Gasteiger partial charge in [0, 0.05) is 31.0 Å². The maximum absolute atomic E-state index is 13.4. The van der Waals surface area contributed by atoms with Crippen LogP contribution in [0, 0.1) is 5.92 Å². The summed E-state index contributed by atoms with van der Waals surface area (Å²) >= 11 is 0. The van der Waals surface area contributed by atoms with Crippen LogP contribution in [0.2, 0.25) is 0 Å². The molecular formula is C26H35N3O5. The number of nitrogens with one attached hydrogen (secondary N) is 1. The molecule has 184 valence electrons. The van der Waals surface area contributed by atoms with Crippen molar-refractivity contribution in [3.05, 3.63) is 63.6 Å². The van der Waals surface area contributed by atoms with Gasteiger partial charge in [0.05, 0.1) is 26.3 Å². The smallest absolute Gasteiger partial charge is 0.259 e. The van der Waals surface area contributed by atoms with Crippen LogP contribution in [-0.4, -0.2) is 59.2 Å². The molecule has 34 heavy (non-hydrogen) atoms. The van der Waals surface area contributed by atoms with Gasteiger partial charge in [0.2, 0.25) is 5.43 Å². The van der Waals surface area contributed by atoms with Crippen LogP contribution in [0.4, 0.5) is 0 Å². The Kier molecular flexibility index (Phi) is 8.87. The average molecular weight is 470 g/mol. The summed E-state index contributed by atoms with van der Waals surface area (Å²) in [5, 5.41) is 12.6. The van der Waals surface area contributed by atoms with E-state index in [1.807, 2.05) is 24.3 Å². The molecule has 1 unspecified atom stereocenters. The second-order valence-electron chi connectivity index (χ2n) is 9.17. The minimum Gasteiger partial charge on any atom is -0.496 e. The summed E-state index contributed by atoms with van der Waals surface area (Å²) in [6, 6.07) is 7.15. The number of nitrogens with zero attached hydrogens (tertiary/aromatic N) is 2. The fourth-order valence-electron chi connectivity index (χ4n) is 4.25. The number of aliphatic hydroxyl groups is 1. The van der Waals surface area contributed by atoms with E-state index in [9.17, 15) is 19.5 Å². The minimum atomic E-state index is -0.592. The molecule has 1 saturated heterocycles. The summed E-state index contributed by atoms with van der Waals surface area (Å²) in [6.45, 7) is 5.20. The van der Waals surface area contributed by atoms with Crippen molar-refractivity contribution < 1.29 is 19.4 Å². The molecule has 2 N–H and O–H groups in total. The molecule has 0 aliphatic carbocycles. The summed E-state index contributed by atoms with van der Waals surface area (Å²) in [6.07, 6.45) is 6.21. The lowest BCUT2D eigenvalue weighted by Crippen LogP contribution is -2.47. The Bertz CT molecular complexity index is 1060. The maximum Gasteiger partial charge on any atom is 0.259 e. The van der Waals surface area contributed by atoms with Crippen molar-refractivity contribution in [3.63, 3.8) is 0 Å². The van der Waals surface area contributed by atoms with Crippen LogP contribution in [0.15, 0.2) is 41.5 Å². The highest BCUT2D eigenvalue weighted by Crippen LogP contribution is 2.21. The number of carbonyl (C=O) groups excluding carboxylic acids is 2. The van der Waals surface area contributed by atoms with Crippen molar-refractivity contribution in [3.8, 4) is 5.75 Å². The number of likely N-dealkylation sites (tertiary alicyclic amines) is 1. The van der Waals surface area contributed by atoms with Gasteiger partial charge in [-0.1, -0.05) is 32.0 Å². The number of rotatable bonds is 9. The summed E-state index contributed by atoms with van der Waals surface area (Å²) < 4.78 is 7.12. The van der Waals surface area contributed by atoms with Crippen LogP contribution >= 0.6 is 0 Å². The summed E-state index contributed by atoms with van der Waals surface area (Å²) in [7, 11) is 1.58. The zero-order chi connectivity index (χ0) is 24.7. The molecule has 3 rings (SSSR count). The Morgan fingerprint density at radius 3 is 2.62 bits per heavy atom. The zero-order valence-corrected chi connectivity index (χ0v) is 20.3. The van der Waals surface area contributed by atoms with Crippen molar-refractivity contribution in [2.45, 2.75) is 52.1 Å². The summed E-state index contributed by atoms with van der Waals surface area (Å²) in [5.41, 5.74) is 0.129. The van der Waals surface area contributed by atoms with Gasteiger partial charge in [-0.3, -0.25) is 14.4 Å². The molecule has 1 aromatic carbocycles. The van der Waals surface area contributed by atoms with Gasteiger partial charge in [0.25, 0.3) is 11.8 Å². The third-order valence-electron chi connectivity index (χ3n) is 6.21. The first-order chi connectivity index (χ1) is 16.3. The van der Waals surface area contributed by atoms with Gasteiger partial charge in [-0.05, 0) is 37.7 Å². The molecule has 8 nitrogen and oxygen atoms in total. The van der Waals surface area contributed by atoms with Gasteiger partial charge in [0.1, 0.15) is 16.9 Å². The SMILES string of the molecule is COc1ccccc1Cn1cc(C(=O)NCCC(C)C)c(=O)c(C(=O)N2CCCCC2CO)c1. The van der Waals surface area contributed by atoms with E-state index in [-0.39, 0.29) is 23.8 Å². The molecule has 8 heteroatoms. The molecule has 1 aromatic heterocycles. The van der Waals surface area contributed by atoms with Gasteiger partial charge >= 0.3 is 0 Å². The van der Waals surface area contributed by atoms with Crippen LogP contribution < -0.4 is 15.5 Å². The lowest BCUT2D eigenvalue weighted by molar-refractivity contribution is 0.0501. The van der Waals surface area contributed by atoms with Gasteiger partial charge in [-0.25, -0.2) is 0 Å². The van der Waals surface area contributed by atoms with Gasteiger partial charge in [-0.2, -0.15) is 0 Å². The van der Waals surface area contributed by atoms with Crippen LogP contribution in [-0.2, 0) is 6.54 Å². The van der Waals surface area contributed by atoms with E-state index in [2.05, 4.69) is 19.2 Å². The van der Waals surface area contributed by atoms with Crippen molar-refractivity contribution in [2.24, 2.45) is 5.92 Å². The Morgan fingerprint density at radius 1 is 1.18 bits per heavy atom. The van der Waals surface area contributed by atoms with E-state index in [1.54, 1.807) is 16.6 Å². The molecule has 0 bridgehead atoms. The van der Waals surface area contributed by atoms with E-state index < -0.39 is 17.2 Å². The van der Waals surface area contributed by atoms with E-state index in [0.717, 1.165) is 24.8 Å².